The number of hydrogen-bond acceptors (Lipinski definition) is 2. The molecule has 60 valence electrons. The number of aliphatic hydroxyl groups is 1. The van der Waals surface area contributed by atoms with Crippen LogP contribution in [0.15, 0.2) is 0 Å². The van der Waals surface area contributed by atoms with Gasteiger partial charge in [-0.15, -0.1) is 0 Å². The monoisotopic (exact) mass is 144 g/mol. The third-order valence-corrected chi connectivity index (χ3v) is 1.60. The summed E-state index contributed by atoms with van der Waals surface area (Å²) in [5.41, 5.74) is -0.0470. The van der Waals surface area contributed by atoms with Gasteiger partial charge in [0.05, 0.1) is 11.7 Å². The van der Waals surface area contributed by atoms with E-state index in [1.807, 2.05) is 20.8 Å². The summed E-state index contributed by atoms with van der Waals surface area (Å²) in [6.45, 7) is 6.40. The summed E-state index contributed by atoms with van der Waals surface area (Å²) < 4.78 is 5.59. The van der Waals surface area contributed by atoms with E-state index in [9.17, 15) is 0 Å². The molecule has 0 aromatic carbocycles. The fourth-order valence-corrected chi connectivity index (χ4v) is 1.01. The van der Waals surface area contributed by atoms with Gasteiger partial charge in [0.2, 0.25) is 0 Å². The van der Waals surface area contributed by atoms with Crippen LogP contribution in [0.1, 0.15) is 27.2 Å². The molecule has 1 aliphatic carbocycles. The molecule has 0 radical (unpaired) electrons. The molecule has 1 saturated carbocycles. The van der Waals surface area contributed by atoms with Crippen LogP contribution in [-0.4, -0.2) is 23.4 Å². The van der Waals surface area contributed by atoms with Crippen molar-refractivity contribution in [1.29, 1.82) is 0 Å². The third kappa shape index (κ3) is 2.27. The molecular formula is C8H16O2. The van der Waals surface area contributed by atoms with Crippen LogP contribution >= 0.6 is 0 Å². The SMILES string of the molecule is CC(C)(C)OC1CC1CO. The summed E-state index contributed by atoms with van der Waals surface area (Å²) in [7, 11) is 0. The molecule has 0 aliphatic heterocycles. The van der Waals surface area contributed by atoms with E-state index in [2.05, 4.69) is 0 Å². The number of ether oxygens (including phenoxy) is 1. The Balaban J connectivity index is 2.18. The molecule has 1 aliphatic rings. The second-order valence-electron chi connectivity index (χ2n) is 3.95. The molecule has 0 bridgehead atoms. The molecule has 0 aromatic heterocycles. The van der Waals surface area contributed by atoms with Gasteiger partial charge >= 0.3 is 0 Å². The molecule has 2 nitrogen and oxygen atoms in total. The Morgan fingerprint density at radius 3 is 2.40 bits per heavy atom. The van der Waals surface area contributed by atoms with Gasteiger partial charge in [-0.1, -0.05) is 0 Å². The third-order valence-electron chi connectivity index (χ3n) is 1.60. The fourth-order valence-electron chi connectivity index (χ4n) is 1.01. The second-order valence-corrected chi connectivity index (χ2v) is 3.95. The minimum Gasteiger partial charge on any atom is -0.396 e. The van der Waals surface area contributed by atoms with Gasteiger partial charge in [0, 0.05) is 12.5 Å². The Labute approximate surface area is 62.2 Å². The van der Waals surface area contributed by atoms with Crippen molar-refractivity contribution in [3.8, 4) is 0 Å². The lowest BCUT2D eigenvalue weighted by Gasteiger charge is -2.19. The maximum Gasteiger partial charge on any atom is 0.0637 e. The van der Waals surface area contributed by atoms with Crippen LogP contribution in [0.3, 0.4) is 0 Å². The summed E-state index contributed by atoms with van der Waals surface area (Å²) in [6.07, 6.45) is 1.36. The predicted molar refractivity (Wildman–Crippen MR) is 39.8 cm³/mol. The normalized spacial score (nSPS) is 32.4. The van der Waals surface area contributed by atoms with E-state index in [-0.39, 0.29) is 12.2 Å². The number of aliphatic hydroxyl groups excluding tert-OH is 1. The summed E-state index contributed by atoms with van der Waals surface area (Å²) in [4.78, 5) is 0. The summed E-state index contributed by atoms with van der Waals surface area (Å²) in [5, 5.41) is 8.69. The van der Waals surface area contributed by atoms with E-state index in [0.717, 1.165) is 6.42 Å². The van der Waals surface area contributed by atoms with Crippen molar-refractivity contribution >= 4 is 0 Å². The Kier molecular flexibility index (Phi) is 2.02. The molecule has 2 heteroatoms. The minimum atomic E-state index is -0.0470. The molecule has 1 N–H and O–H groups in total. The highest BCUT2D eigenvalue weighted by Gasteiger charge is 2.39. The first kappa shape index (κ1) is 8.02. The number of rotatable bonds is 2. The van der Waals surface area contributed by atoms with Gasteiger partial charge in [-0.25, -0.2) is 0 Å². The smallest absolute Gasteiger partial charge is 0.0637 e. The molecule has 0 saturated heterocycles. The zero-order valence-electron chi connectivity index (χ0n) is 6.92. The van der Waals surface area contributed by atoms with E-state index in [0.29, 0.717) is 12.0 Å². The highest BCUT2D eigenvalue weighted by molar-refractivity contribution is 4.88. The van der Waals surface area contributed by atoms with E-state index in [4.69, 9.17) is 9.84 Å². The highest BCUT2D eigenvalue weighted by Crippen LogP contribution is 2.35. The molecule has 2 unspecified atom stereocenters. The topological polar surface area (TPSA) is 29.5 Å². The van der Waals surface area contributed by atoms with Gasteiger partial charge in [0.1, 0.15) is 0 Å². The predicted octanol–water partition coefficient (Wildman–Crippen LogP) is 1.18. The standard InChI is InChI=1S/C8H16O2/c1-8(2,3)10-7-4-6(7)5-9/h6-7,9H,4-5H2,1-3H3. The van der Waals surface area contributed by atoms with Crippen LogP contribution in [0, 0.1) is 5.92 Å². The Morgan fingerprint density at radius 1 is 1.50 bits per heavy atom. The first-order valence-electron chi connectivity index (χ1n) is 3.81. The van der Waals surface area contributed by atoms with Crippen LogP contribution in [0.2, 0.25) is 0 Å². The second kappa shape index (κ2) is 2.51. The van der Waals surface area contributed by atoms with Crippen molar-refractivity contribution in [2.24, 2.45) is 5.92 Å². The van der Waals surface area contributed by atoms with Crippen LogP contribution < -0.4 is 0 Å². The summed E-state index contributed by atoms with van der Waals surface area (Å²) >= 11 is 0. The van der Waals surface area contributed by atoms with E-state index < -0.39 is 0 Å². The van der Waals surface area contributed by atoms with Gasteiger partial charge in [-0.05, 0) is 27.2 Å². The maximum atomic E-state index is 8.69. The molecule has 0 amide bonds. The summed E-state index contributed by atoms with van der Waals surface area (Å²) in [5.74, 6) is 0.416. The van der Waals surface area contributed by atoms with Gasteiger partial charge in [0.15, 0.2) is 0 Å². The maximum absolute atomic E-state index is 8.69. The molecule has 0 heterocycles. The Morgan fingerprint density at radius 2 is 2.10 bits per heavy atom. The average molecular weight is 144 g/mol. The van der Waals surface area contributed by atoms with Crippen LogP contribution in [0.4, 0.5) is 0 Å². The quantitative estimate of drug-likeness (QED) is 0.630. The van der Waals surface area contributed by atoms with Crippen LogP contribution in [-0.2, 0) is 4.74 Å². The minimum absolute atomic E-state index is 0.0470. The van der Waals surface area contributed by atoms with Gasteiger partial charge < -0.3 is 9.84 Å². The molecule has 0 spiro atoms. The van der Waals surface area contributed by atoms with Crippen LogP contribution in [0.5, 0.6) is 0 Å². The van der Waals surface area contributed by atoms with Crippen LogP contribution in [0.25, 0.3) is 0 Å². The average Bonchev–Trinajstić information content (AvgIpc) is 2.42. The van der Waals surface area contributed by atoms with Crippen molar-refractivity contribution in [3.05, 3.63) is 0 Å². The molecule has 1 rings (SSSR count). The first-order chi connectivity index (χ1) is 4.53. The van der Waals surface area contributed by atoms with Crippen molar-refractivity contribution in [2.75, 3.05) is 6.61 Å². The lowest BCUT2D eigenvalue weighted by atomic mass is 10.2. The van der Waals surface area contributed by atoms with Crippen molar-refractivity contribution in [2.45, 2.75) is 38.9 Å². The van der Waals surface area contributed by atoms with E-state index in [1.165, 1.54) is 0 Å². The van der Waals surface area contributed by atoms with E-state index in [1.54, 1.807) is 0 Å². The van der Waals surface area contributed by atoms with Crippen molar-refractivity contribution in [1.82, 2.24) is 0 Å². The van der Waals surface area contributed by atoms with E-state index >= 15 is 0 Å². The molecule has 0 aromatic rings. The Hall–Kier alpha value is -0.0800. The molecule has 1 fully saturated rings. The fraction of sp³-hybridized carbons (Fsp3) is 1.00. The molecule has 2 atom stereocenters. The zero-order valence-corrected chi connectivity index (χ0v) is 6.92. The lowest BCUT2D eigenvalue weighted by molar-refractivity contribution is -0.0247. The molecular weight excluding hydrogens is 128 g/mol. The van der Waals surface area contributed by atoms with Gasteiger partial charge in [0.25, 0.3) is 0 Å². The summed E-state index contributed by atoms with van der Waals surface area (Å²) in [6, 6.07) is 0. The first-order valence-corrected chi connectivity index (χ1v) is 3.81. The van der Waals surface area contributed by atoms with Gasteiger partial charge in [-0.3, -0.25) is 0 Å². The zero-order chi connectivity index (χ0) is 7.78. The molecule has 10 heavy (non-hydrogen) atoms. The van der Waals surface area contributed by atoms with Gasteiger partial charge in [-0.2, -0.15) is 0 Å². The number of hydrogen-bond donors (Lipinski definition) is 1. The largest absolute Gasteiger partial charge is 0.396 e. The lowest BCUT2D eigenvalue weighted by Crippen LogP contribution is -2.21. The van der Waals surface area contributed by atoms with Crippen molar-refractivity contribution < 1.29 is 9.84 Å². The highest BCUT2D eigenvalue weighted by atomic mass is 16.5. The Bertz CT molecular complexity index is 115. The van der Waals surface area contributed by atoms with Crippen molar-refractivity contribution in [3.63, 3.8) is 0 Å².